The summed E-state index contributed by atoms with van der Waals surface area (Å²) >= 11 is 0. The average Bonchev–Trinajstić information content (AvgIpc) is 2.72. The number of ether oxygens (including phenoxy) is 2. The zero-order valence-electron chi connectivity index (χ0n) is 15.3. The minimum atomic E-state index is -0.598. The number of esters is 2. The highest BCUT2D eigenvalue weighted by Crippen LogP contribution is 2.17. The lowest BCUT2D eigenvalue weighted by atomic mass is 10.1. The topological polar surface area (TPSA) is 81.7 Å². The Kier molecular flexibility index (Phi) is 6.01. The monoisotopic (exact) mass is 377 g/mol. The van der Waals surface area contributed by atoms with Crippen LogP contribution in [-0.2, 0) is 14.3 Å². The first kappa shape index (κ1) is 19.1. The van der Waals surface area contributed by atoms with Gasteiger partial charge < -0.3 is 14.8 Å². The third-order valence-electron chi connectivity index (χ3n) is 4.02. The molecule has 28 heavy (non-hydrogen) atoms. The third kappa shape index (κ3) is 4.54. The van der Waals surface area contributed by atoms with Crippen LogP contribution < -0.4 is 5.32 Å². The summed E-state index contributed by atoms with van der Waals surface area (Å²) in [5.41, 5.74) is 0.893. The Morgan fingerprint density at radius 2 is 1.54 bits per heavy atom. The second kappa shape index (κ2) is 8.81. The van der Waals surface area contributed by atoms with E-state index in [0.717, 1.165) is 10.8 Å². The highest BCUT2D eigenvalue weighted by atomic mass is 16.5. The van der Waals surface area contributed by atoms with E-state index >= 15 is 0 Å². The van der Waals surface area contributed by atoms with Gasteiger partial charge in [-0.3, -0.25) is 4.79 Å². The molecule has 3 aromatic carbocycles. The Labute approximate surface area is 162 Å². The fourth-order valence-corrected chi connectivity index (χ4v) is 2.70. The second-order valence-corrected chi connectivity index (χ2v) is 5.95. The minimum Gasteiger partial charge on any atom is -0.462 e. The molecule has 3 aromatic rings. The summed E-state index contributed by atoms with van der Waals surface area (Å²) in [5.74, 6) is -1.68. The van der Waals surface area contributed by atoms with Gasteiger partial charge >= 0.3 is 11.9 Å². The van der Waals surface area contributed by atoms with Crippen LogP contribution in [0.25, 0.3) is 10.8 Å². The highest BCUT2D eigenvalue weighted by molar-refractivity contribution is 6.02. The first-order chi connectivity index (χ1) is 13.6. The molecule has 142 valence electrons. The molecule has 0 saturated carbocycles. The third-order valence-corrected chi connectivity index (χ3v) is 4.02. The Morgan fingerprint density at radius 3 is 2.32 bits per heavy atom. The van der Waals surface area contributed by atoms with E-state index in [4.69, 9.17) is 9.47 Å². The maximum Gasteiger partial charge on any atom is 0.340 e. The van der Waals surface area contributed by atoms with E-state index in [9.17, 15) is 14.4 Å². The van der Waals surface area contributed by atoms with Crippen molar-refractivity contribution in [3.63, 3.8) is 0 Å². The van der Waals surface area contributed by atoms with Gasteiger partial charge in [0.25, 0.3) is 5.91 Å². The summed E-state index contributed by atoms with van der Waals surface area (Å²) in [6.45, 7) is 1.46. The molecule has 3 rings (SSSR count). The zero-order valence-corrected chi connectivity index (χ0v) is 15.3. The fourth-order valence-electron chi connectivity index (χ4n) is 2.70. The van der Waals surface area contributed by atoms with Crippen LogP contribution in [0, 0.1) is 0 Å². The average molecular weight is 377 g/mol. The molecule has 6 nitrogen and oxygen atoms in total. The van der Waals surface area contributed by atoms with Gasteiger partial charge in [0.15, 0.2) is 6.61 Å². The van der Waals surface area contributed by atoms with Crippen molar-refractivity contribution in [3.05, 3.63) is 77.9 Å². The number of nitrogens with one attached hydrogen (secondary N) is 1. The smallest absolute Gasteiger partial charge is 0.340 e. The fraction of sp³-hybridized carbons (Fsp3) is 0.136. The summed E-state index contributed by atoms with van der Waals surface area (Å²) < 4.78 is 10.1. The molecule has 0 saturated heterocycles. The first-order valence-electron chi connectivity index (χ1n) is 8.80. The second-order valence-electron chi connectivity index (χ2n) is 5.95. The molecule has 0 aliphatic heterocycles. The van der Waals surface area contributed by atoms with E-state index in [1.54, 1.807) is 43.3 Å². The van der Waals surface area contributed by atoms with Crippen molar-refractivity contribution in [2.24, 2.45) is 0 Å². The summed E-state index contributed by atoms with van der Waals surface area (Å²) in [6.07, 6.45) is 0. The van der Waals surface area contributed by atoms with Gasteiger partial charge in [-0.05, 0) is 42.0 Å². The van der Waals surface area contributed by atoms with E-state index in [2.05, 4.69) is 5.32 Å². The molecule has 0 radical (unpaired) electrons. The van der Waals surface area contributed by atoms with Crippen LogP contribution in [0.4, 0.5) is 5.69 Å². The van der Waals surface area contributed by atoms with Gasteiger partial charge in [0.1, 0.15) is 0 Å². The van der Waals surface area contributed by atoms with Crippen LogP contribution in [0.3, 0.4) is 0 Å². The first-order valence-corrected chi connectivity index (χ1v) is 8.80. The lowest BCUT2D eigenvalue weighted by Crippen LogP contribution is -2.22. The number of hydrogen-bond acceptors (Lipinski definition) is 5. The van der Waals surface area contributed by atoms with E-state index in [0.29, 0.717) is 11.3 Å². The van der Waals surface area contributed by atoms with Crippen molar-refractivity contribution < 1.29 is 23.9 Å². The van der Waals surface area contributed by atoms with Gasteiger partial charge in [0, 0.05) is 0 Å². The molecule has 0 aliphatic rings. The van der Waals surface area contributed by atoms with Crippen molar-refractivity contribution in [1.82, 2.24) is 0 Å². The summed E-state index contributed by atoms with van der Waals surface area (Å²) in [5, 5.41) is 4.48. The maximum absolute atomic E-state index is 12.2. The number of amides is 1. The molecule has 1 amide bonds. The van der Waals surface area contributed by atoms with Crippen LogP contribution in [0.5, 0.6) is 0 Å². The van der Waals surface area contributed by atoms with Crippen molar-refractivity contribution >= 4 is 34.3 Å². The Bertz CT molecular complexity index is 1030. The number of carbonyl (C=O) groups is 3. The SMILES string of the molecule is CCOC(=O)c1ccccc1NC(=O)COC(=O)c1ccc2ccccc2c1. The van der Waals surface area contributed by atoms with Gasteiger partial charge in [-0.1, -0.05) is 42.5 Å². The summed E-state index contributed by atoms with van der Waals surface area (Å²) in [4.78, 5) is 36.3. The number of rotatable bonds is 6. The molecule has 0 bridgehead atoms. The van der Waals surface area contributed by atoms with Crippen molar-refractivity contribution in [1.29, 1.82) is 0 Å². The van der Waals surface area contributed by atoms with Gasteiger partial charge in [-0.15, -0.1) is 0 Å². The molecule has 0 aliphatic carbocycles. The van der Waals surface area contributed by atoms with Crippen LogP contribution in [0.2, 0.25) is 0 Å². The molecule has 0 aromatic heterocycles. The zero-order chi connectivity index (χ0) is 19.9. The normalized spacial score (nSPS) is 10.3. The van der Waals surface area contributed by atoms with Crippen LogP contribution in [0.1, 0.15) is 27.6 Å². The Balaban J connectivity index is 1.62. The predicted molar refractivity (Wildman–Crippen MR) is 105 cm³/mol. The molecule has 0 spiro atoms. The molecular formula is C22H19NO5. The van der Waals surface area contributed by atoms with Crippen molar-refractivity contribution in [2.75, 3.05) is 18.5 Å². The largest absolute Gasteiger partial charge is 0.462 e. The summed E-state index contributed by atoms with van der Waals surface area (Å²) in [6, 6.07) is 19.3. The van der Waals surface area contributed by atoms with E-state index in [1.165, 1.54) is 0 Å². The highest BCUT2D eigenvalue weighted by Gasteiger charge is 2.15. The quantitative estimate of drug-likeness (QED) is 0.661. The lowest BCUT2D eigenvalue weighted by molar-refractivity contribution is -0.119. The molecular weight excluding hydrogens is 358 g/mol. The minimum absolute atomic E-state index is 0.227. The van der Waals surface area contributed by atoms with Gasteiger partial charge in [0.05, 0.1) is 23.4 Å². The lowest BCUT2D eigenvalue weighted by Gasteiger charge is -2.10. The van der Waals surface area contributed by atoms with E-state index in [-0.39, 0.29) is 12.2 Å². The van der Waals surface area contributed by atoms with Crippen LogP contribution >= 0.6 is 0 Å². The Morgan fingerprint density at radius 1 is 0.821 bits per heavy atom. The maximum atomic E-state index is 12.2. The van der Waals surface area contributed by atoms with Crippen LogP contribution in [-0.4, -0.2) is 31.1 Å². The molecule has 0 atom stereocenters. The van der Waals surface area contributed by atoms with E-state index < -0.39 is 24.5 Å². The van der Waals surface area contributed by atoms with Gasteiger partial charge in [-0.2, -0.15) is 0 Å². The number of para-hydroxylation sites is 1. The van der Waals surface area contributed by atoms with Crippen molar-refractivity contribution in [2.45, 2.75) is 6.92 Å². The number of anilines is 1. The van der Waals surface area contributed by atoms with Crippen LogP contribution in [0.15, 0.2) is 66.7 Å². The molecule has 6 heteroatoms. The van der Waals surface area contributed by atoms with Gasteiger partial charge in [-0.25, -0.2) is 9.59 Å². The van der Waals surface area contributed by atoms with Gasteiger partial charge in [0.2, 0.25) is 0 Å². The predicted octanol–water partition coefficient (Wildman–Crippen LogP) is 3.81. The molecule has 1 N–H and O–H groups in total. The molecule has 0 fully saturated rings. The summed E-state index contributed by atoms with van der Waals surface area (Å²) in [7, 11) is 0. The molecule has 0 unspecified atom stereocenters. The van der Waals surface area contributed by atoms with Crippen molar-refractivity contribution in [3.8, 4) is 0 Å². The number of carbonyl (C=O) groups excluding carboxylic acids is 3. The Hall–Kier alpha value is -3.67. The number of hydrogen-bond donors (Lipinski definition) is 1. The standard InChI is InChI=1S/C22H19NO5/c1-2-27-22(26)18-9-5-6-10-19(18)23-20(24)14-28-21(25)17-12-11-15-7-3-4-8-16(15)13-17/h3-13H,2,14H2,1H3,(H,23,24). The number of benzene rings is 3. The molecule has 0 heterocycles. The number of fused-ring (bicyclic) bond motifs is 1. The van der Waals surface area contributed by atoms with E-state index in [1.807, 2.05) is 30.3 Å².